The second-order valence-corrected chi connectivity index (χ2v) is 3.19. The van der Waals surface area contributed by atoms with Crippen LogP contribution in [0.4, 0.5) is 0 Å². The zero-order chi connectivity index (χ0) is 11.4. The number of nitrogens with one attached hydrogen (secondary N) is 3. The fourth-order valence-corrected chi connectivity index (χ4v) is 1.62. The van der Waals surface area contributed by atoms with E-state index in [2.05, 4.69) is 20.2 Å². The van der Waals surface area contributed by atoms with Gasteiger partial charge in [-0.15, -0.1) is 11.8 Å². The minimum absolute atomic E-state index is 0.359. The van der Waals surface area contributed by atoms with E-state index in [9.17, 15) is 9.59 Å². The molecule has 0 bridgehead atoms. The highest BCUT2D eigenvalue weighted by Gasteiger charge is 2.08. The second-order valence-electron chi connectivity index (χ2n) is 2.39. The lowest BCUT2D eigenvalue weighted by Crippen LogP contribution is -2.21. The Kier molecular flexibility index (Phi) is 3.73. The fourth-order valence-electron chi connectivity index (χ4n) is 1.08. The van der Waals surface area contributed by atoms with Crippen LogP contribution in [-0.4, -0.2) is 26.4 Å². The molecule has 2 aromatic heterocycles. The molecule has 0 aliphatic carbocycles. The first-order chi connectivity index (χ1) is 7.22. The summed E-state index contributed by atoms with van der Waals surface area (Å²) in [6.45, 7) is 4.00. The molecule has 0 unspecified atom stereocenters. The molecule has 0 atom stereocenters. The molecule has 7 heteroatoms. The maximum absolute atomic E-state index is 11.3. The number of nitrogens with zero attached hydrogens (tertiary/aromatic N) is 1. The number of rotatable bonds is 1. The van der Waals surface area contributed by atoms with Crippen molar-refractivity contribution in [2.24, 2.45) is 0 Å². The third kappa shape index (κ3) is 2.12. The molecule has 2 rings (SSSR count). The fraction of sp³-hybridized carbons (Fsp3) is 0.375. The van der Waals surface area contributed by atoms with Crippen LogP contribution in [0.25, 0.3) is 11.0 Å². The van der Waals surface area contributed by atoms with Crippen molar-refractivity contribution in [2.45, 2.75) is 18.9 Å². The van der Waals surface area contributed by atoms with Gasteiger partial charge in [-0.2, -0.15) is 5.10 Å². The van der Waals surface area contributed by atoms with E-state index in [1.165, 1.54) is 11.8 Å². The molecule has 0 aromatic carbocycles. The summed E-state index contributed by atoms with van der Waals surface area (Å²) in [5.74, 6) is 0. The number of H-pyrrole nitrogens is 3. The predicted octanol–water partition coefficient (Wildman–Crippen LogP) is 0.688. The van der Waals surface area contributed by atoms with Crippen LogP contribution in [0.1, 0.15) is 13.8 Å². The Hall–Kier alpha value is -1.50. The summed E-state index contributed by atoms with van der Waals surface area (Å²) in [6, 6.07) is 0. The maximum atomic E-state index is 11.3. The van der Waals surface area contributed by atoms with Crippen molar-refractivity contribution >= 4 is 22.8 Å². The van der Waals surface area contributed by atoms with Gasteiger partial charge in [-0.3, -0.25) is 19.9 Å². The normalized spacial score (nSPS) is 9.80. The molecule has 2 aromatic rings. The first kappa shape index (κ1) is 11.6. The molecule has 2 heterocycles. The van der Waals surface area contributed by atoms with E-state index in [1.807, 2.05) is 13.8 Å². The summed E-state index contributed by atoms with van der Waals surface area (Å²) in [6.07, 6.45) is 1.81. The monoisotopic (exact) mass is 228 g/mol. The highest BCUT2D eigenvalue weighted by molar-refractivity contribution is 7.98. The maximum Gasteiger partial charge on any atom is 0.327 e. The van der Waals surface area contributed by atoms with Crippen LogP contribution in [0.3, 0.4) is 0 Å². The molecule has 0 aliphatic heterocycles. The molecule has 0 saturated carbocycles. The smallest absolute Gasteiger partial charge is 0.292 e. The summed E-state index contributed by atoms with van der Waals surface area (Å²) >= 11 is 1.34. The van der Waals surface area contributed by atoms with Gasteiger partial charge in [0.2, 0.25) is 0 Å². The topological polar surface area (TPSA) is 94.4 Å². The molecule has 82 valence electrons. The third-order valence-electron chi connectivity index (χ3n) is 1.62. The zero-order valence-corrected chi connectivity index (χ0v) is 9.49. The van der Waals surface area contributed by atoms with Crippen LogP contribution in [0.15, 0.2) is 14.6 Å². The number of aromatic amines is 3. The van der Waals surface area contributed by atoms with Gasteiger partial charge in [0.25, 0.3) is 5.56 Å². The summed E-state index contributed by atoms with van der Waals surface area (Å²) in [7, 11) is 0. The Bertz CT molecular complexity index is 554. The zero-order valence-electron chi connectivity index (χ0n) is 8.67. The number of fused-ring (bicyclic) bond motifs is 1. The van der Waals surface area contributed by atoms with Crippen LogP contribution in [0.5, 0.6) is 0 Å². The largest absolute Gasteiger partial charge is 0.327 e. The van der Waals surface area contributed by atoms with Gasteiger partial charge >= 0.3 is 5.69 Å². The van der Waals surface area contributed by atoms with Crippen LogP contribution in [0.2, 0.25) is 0 Å². The van der Waals surface area contributed by atoms with E-state index in [4.69, 9.17) is 0 Å². The first-order valence-corrected chi connectivity index (χ1v) is 5.69. The lowest BCUT2D eigenvalue weighted by Gasteiger charge is -1.88. The van der Waals surface area contributed by atoms with Gasteiger partial charge in [-0.1, -0.05) is 13.8 Å². The van der Waals surface area contributed by atoms with Gasteiger partial charge in [0, 0.05) is 0 Å². The highest BCUT2D eigenvalue weighted by Crippen LogP contribution is 2.16. The van der Waals surface area contributed by atoms with Crippen molar-refractivity contribution in [2.75, 3.05) is 6.26 Å². The van der Waals surface area contributed by atoms with E-state index >= 15 is 0 Å². The van der Waals surface area contributed by atoms with Crippen molar-refractivity contribution in [3.05, 3.63) is 20.8 Å². The Morgan fingerprint density at radius 2 is 1.87 bits per heavy atom. The molecule has 6 nitrogen and oxygen atoms in total. The van der Waals surface area contributed by atoms with Crippen molar-refractivity contribution in [3.8, 4) is 0 Å². The van der Waals surface area contributed by atoms with Gasteiger partial charge in [0.1, 0.15) is 16.1 Å². The minimum Gasteiger partial charge on any atom is -0.292 e. The standard InChI is InChI=1S/C6H6N4O2S.C2H6/c1-13-5-2-3(9-10-5)7-6(12)8-4(2)11;1-2/h1H3,(H3,7,8,9,10,11,12);1-2H3. The van der Waals surface area contributed by atoms with E-state index in [-0.39, 0.29) is 0 Å². The SMILES string of the molecule is CC.CSc1n[nH]c2[nH]c(=O)[nH]c(=O)c12. The van der Waals surface area contributed by atoms with Crippen molar-refractivity contribution < 1.29 is 0 Å². The highest BCUT2D eigenvalue weighted by atomic mass is 32.2. The van der Waals surface area contributed by atoms with Crippen LogP contribution < -0.4 is 11.2 Å². The lowest BCUT2D eigenvalue weighted by molar-refractivity contribution is 1.01. The Balaban J connectivity index is 0.000000531. The second kappa shape index (κ2) is 4.83. The number of hydrogen-bond donors (Lipinski definition) is 3. The Labute approximate surface area is 89.5 Å². The van der Waals surface area contributed by atoms with Gasteiger partial charge in [-0.25, -0.2) is 4.79 Å². The number of hydrogen-bond acceptors (Lipinski definition) is 4. The minimum atomic E-state index is -0.534. The van der Waals surface area contributed by atoms with Crippen LogP contribution >= 0.6 is 11.8 Å². The van der Waals surface area contributed by atoms with Gasteiger partial charge in [0.15, 0.2) is 0 Å². The van der Waals surface area contributed by atoms with Crippen molar-refractivity contribution in [1.82, 2.24) is 20.2 Å². The third-order valence-corrected chi connectivity index (χ3v) is 2.30. The average molecular weight is 228 g/mol. The predicted molar refractivity (Wildman–Crippen MR) is 60.5 cm³/mol. The van der Waals surface area contributed by atoms with Crippen LogP contribution in [-0.2, 0) is 0 Å². The summed E-state index contributed by atoms with van der Waals surface area (Å²) < 4.78 is 0. The molecule has 0 fully saturated rings. The average Bonchev–Trinajstić information content (AvgIpc) is 2.63. The quantitative estimate of drug-likeness (QED) is 0.626. The van der Waals surface area contributed by atoms with Gasteiger partial charge in [0.05, 0.1) is 0 Å². The summed E-state index contributed by atoms with van der Waals surface area (Å²) in [5, 5.41) is 7.41. The lowest BCUT2D eigenvalue weighted by atomic mass is 10.4. The first-order valence-electron chi connectivity index (χ1n) is 4.47. The Morgan fingerprint density at radius 3 is 2.47 bits per heavy atom. The number of thioether (sulfide) groups is 1. The summed E-state index contributed by atoms with van der Waals surface area (Å²) in [5.41, 5.74) is -0.594. The Morgan fingerprint density at radius 1 is 1.20 bits per heavy atom. The molecule has 0 spiro atoms. The van der Waals surface area contributed by atoms with E-state index in [0.717, 1.165) is 0 Å². The molecule has 0 aliphatic rings. The molecule has 0 saturated heterocycles. The molecular weight excluding hydrogens is 216 g/mol. The van der Waals surface area contributed by atoms with Gasteiger partial charge in [-0.05, 0) is 6.26 Å². The molecule has 3 N–H and O–H groups in total. The van der Waals surface area contributed by atoms with E-state index in [1.54, 1.807) is 6.26 Å². The van der Waals surface area contributed by atoms with Crippen molar-refractivity contribution in [3.63, 3.8) is 0 Å². The summed E-state index contributed by atoms with van der Waals surface area (Å²) in [4.78, 5) is 26.7. The molecular formula is C8H12N4O2S. The molecule has 0 radical (unpaired) electrons. The molecule has 15 heavy (non-hydrogen) atoms. The molecule has 0 amide bonds. The van der Waals surface area contributed by atoms with Crippen molar-refractivity contribution in [1.29, 1.82) is 0 Å². The van der Waals surface area contributed by atoms with Crippen LogP contribution in [0, 0.1) is 0 Å². The van der Waals surface area contributed by atoms with Gasteiger partial charge < -0.3 is 0 Å². The number of aromatic nitrogens is 4. The van der Waals surface area contributed by atoms with E-state index in [0.29, 0.717) is 16.1 Å². The van der Waals surface area contributed by atoms with E-state index < -0.39 is 11.2 Å².